The molecule has 4 saturated carbocycles. The number of carbonyl (C=O) groups excluding carboxylic acids is 2. The molecule has 5 nitrogen and oxygen atoms in total. The van der Waals surface area contributed by atoms with Crippen molar-refractivity contribution in [2.45, 2.75) is 70.4 Å². The number of hydrogen-bond acceptors (Lipinski definition) is 4. The highest BCUT2D eigenvalue weighted by molar-refractivity contribution is 5.87. The molecule has 4 fully saturated rings. The van der Waals surface area contributed by atoms with Crippen LogP contribution in [0.2, 0.25) is 0 Å². The van der Waals surface area contributed by atoms with Gasteiger partial charge >= 0.3 is 5.97 Å². The molecule has 1 amide bonds. The maximum absolute atomic E-state index is 13.1. The highest BCUT2D eigenvalue weighted by Gasteiger charge is 2.60. The van der Waals surface area contributed by atoms with Gasteiger partial charge in [0.25, 0.3) is 0 Å². The van der Waals surface area contributed by atoms with Gasteiger partial charge in [0.15, 0.2) is 0 Å². The Balaban J connectivity index is 1.66. The number of hydrogen-bond donors (Lipinski definition) is 2. The van der Waals surface area contributed by atoms with Crippen LogP contribution in [0.25, 0.3) is 0 Å². The summed E-state index contributed by atoms with van der Waals surface area (Å²) in [4.78, 5) is 24.6. The van der Waals surface area contributed by atoms with E-state index in [1.807, 2.05) is 13.8 Å². The van der Waals surface area contributed by atoms with Crippen molar-refractivity contribution < 1.29 is 19.4 Å². The lowest BCUT2D eigenvalue weighted by molar-refractivity contribution is -0.179. The molecule has 0 aromatic carbocycles. The van der Waals surface area contributed by atoms with E-state index in [9.17, 15) is 14.7 Å². The minimum atomic E-state index is -0.655. The first-order chi connectivity index (χ1) is 11.0. The van der Waals surface area contributed by atoms with E-state index in [-0.39, 0.29) is 12.5 Å². The summed E-state index contributed by atoms with van der Waals surface area (Å²) in [6, 6.07) is 0. The Bertz CT molecular complexity index is 566. The number of esters is 1. The Hall–Kier alpha value is -1.36. The second-order valence-corrected chi connectivity index (χ2v) is 9.16. The number of nitrogens with one attached hydrogen (secondary N) is 1. The summed E-state index contributed by atoms with van der Waals surface area (Å²) in [5.74, 6) is 0.491. The van der Waals surface area contributed by atoms with E-state index in [2.05, 4.69) is 11.9 Å². The van der Waals surface area contributed by atoms with E-state index < -0.39 is 22.5 Å². The van der Waals surface area contributed by atoms with E-state index in [1.54, 1.807) is 6.92 Å². The van der Waals surface area contributed by atoms with Gasteiger partial charge in [-0.1, -0.05) is 6.58 Å². The van der Waals surface area contributed by atoms with Gasteiger partial charge in [0.1, 0.15) is 6.61 Å². The summed E-state index contributed by atoms with van der Waals surface area (Å²) in [5.41, 5.74) is -1.40. The molecule has 0 aromatic heterocycles. The normalized spacial score (nSPS) is 37.2. The van der Waals surface area contributed by atoms with Crippen LogP contribution in [0.4, 0.5) is 0 Å². The van der Waals surface area contributed by atoms with E-state index in [0.717, 1.165) is 32.1 Å². The van der Waals surface area contributed by atoms with Crippen LogP contribution in [0, 0.1) is 17.3 Å². The van der Waals surface area contributed by atoms with Crippen molar-refractivity contribution in [1.29, 1.82) is 0 Å². The van der Waals surface area contributed by atoms with Crippen molar-refractivity contribution in [1.82, 2.24) is 5.32 Å². The Morgan fingerprint density at radius 1 is 1.25 bits per heavy atom. The van der Waals surface area contributed by atoms with Gasteiger partial charge in [-0.05, 0) is 71.1 Å². The SMILES string of the molecule is C=C(C)C(=O)OCC(C)(C)NC(=O)C12CC3CC(CC(O)(C3)C1)C2. The monoisotopic (exact) mass is 335 g/mol. The summed E-state index contributed by atoms with van der Waals surface area (Å²) in [5, 5.41) is 13.9. The summed E-state index contributed by atoms with van der Waals surface area (Å²) in [6.07, 6.45) is 5.16. The molecule has 4 aliphatic rings. The third-order valence-electron chi connectivity index (χ3n) is 5.88. The molecule has 0 saturated heterocycles. The maximum atomic E-state index is 13.1. The Kier molecular flexibility index (Phi) is 4.06. The van der Waals surface area contributed by atoms with Gasteiger partial charge in [-0.25, -0.2) is 4.79 Å². The zero-order chi connectivity index (χ0) is 17.8. The minimum Gasteiger partial charge on any atom is -0.460 e. The van der Waals surface area contributed by atoms with E-state index in [0.29, 0.717) is 23.8 Å². The fourth-order valence-electron chi connectivity index (χ4n) is 5.33. The van der Waals surface area contributed by atoms with Crippen molar-refractivity contribution in [3.8, 4) is 0 Å². The molecule has 0 spiro atoms. The molecule has 24 heavy (non-hydrogen) atoms. The first-order valence-electron chi connectivity index (χ1n) is 8.90. The lowest BCUT2D eigenvalue weighted by Crippen LogP contribution is -2.62. The number of aliphatic hydroxyl groups is 1. The largest absolute Gasteiger partial charge is 0.460 e. The first kappa shape index (κ1) is 17.5. The number of ether oxygens (including phenoxy) is 1. The van der Waals surface area contributed by atoms with Crippen molar-refractivity contribution >= 4 is 11.9 Å². The van der Waals surface area contributed by atoms with Crippen LogP contribution in [-0.2, 0) is 14.3 Å². The fourth-order valence-corrected chi connectivity index (χ4v) is 5.33. The third kappa shape index (κ3) is 3.23. The predicted molar refractivity (Wildman–Crippen MR) is 90.1 cm³/mol. The molecule has 4 rings (SSSR count). The summed E-state index contributed by atoms with van der Waals surface area (Å²) in [6.45, 7) is 8.98. The third-order valence-corrected chi connectivity index (χ3v) is 5.88. The van der Waals surface area contributed by atoms with Crippen molar-refractivity contribution in [2.24, 2.45) is 17.3 Å². The number of rotatable bonds is 5. The first-order valence-corrected chi connectivity index (χ1v) is 8.90. The predicted octanol–water partition coefficient (Wildman–Crippen LogP) is 2.33. The molecule has 2 N–H and O–H groups in total. The molecule has 0 heterocycles. The molecule has 134 valence electrons. The van der Waals surface area contributed by atoms with Gasteiger partial charge in [-0.3, -0.25) is 4.79 Å². The minimum absolute atomic E-state index is 0.00592. The smallest absolute Gasteiger partial charge is 0.333 e. The highest BCUT2D eigenvalue weighted by atomic mass is 16.5. The molecule has 0 radical (unpaired) electrons. The second kappa shape index (κ2) is 5.58. The molecule has 0 aromatic rings. The summed E-state index contributed by atoms with van der Waals surface area (Å²) >= 11 is 0. The molecular formula is C19H29NO4. The van der Waals surface area contributed by atoms with E-state index in [4.69, 9.17) is 4.74 Å². The van der Waals surface area contributed by atoms with Gasteiger partial charge in [0.05, 0.1) is 16.6 Å². The van der Waals surface area contributed by atoms with Crippen molar-refractivity contribution in [2.75, 3.05) is 6.61 Å². The van der Waals surface area contributed by atoms with Crippen LogP contribution in [0.1, 0.15) is 59.3 Å². The summed E-state index contributed by atoms with van der Waals surface area (Å²) < 4.78 is 5.21. The maximum Gasteiger partial charge on any atom is 0.333 e. The number of amides is 1. The van der Waals surface area contributed by atoms with Gasteiger partial charge in [0.2, 0.25) is 5.91 Å². The topological polar surface area (TPSA) is 75.6 Å². The molecule has 2 unspecified atom stereocenters. The van der Waals surface area contributed by atoms with Crippen LogP contribution in [0.3, 0.4) is 0 Å². The van der Waals surface area contributed by atoms with Gasteiger partial charge in [-0.15, -0.1) is 0 Å². The quantitative estimate of drug-likeness (QED) is 0.597. The molecule has 4 bridgehead atoms. The van der Waals surface area contributed by atoms with Crippen molar-refractivity contribution in [3.05, 3.63) is 12.2 Å². The zero-order valence-electron chi connectivity index (χ0n) is 15.0. The molecule has 0 aliphatic heterocycles. The highest BCUT2D eigenvalue weighted by Crippen LogP contribution is 2.61. The lowest BCUT2D eigenvalue weighted by Gasteiger charge is -2.59. The van der Waals surface area contributed by atoms with Crippen LogP contribution >= 0.6 is 0 Å². The van der Waals surface area contributed by atoms with Crippen molar-refractivity contribution in [3.63, 3.8) is 0 Å². The van der Waals surface area contributed by atoms with Crippen LogP contribution < -0.4 is 5.32 Å². The van der Waals surface area contributed by atoms with Gasteiger partial charge in [0, 0.05) is 5.57 Å². The van der Waals surface area contributed by atoms with Gasteiger partial charge in [-0.2, -0.15) is 0 Å². The summed E-state index contributed by atoms with van der Waals surface area (Å²) in [7, 11) is 0. The molecular weight excluding hydrogens is 306 g/mol. The molecule has 5 heteroatoms. The van der Waals surface area contributed by atoms with E-state index in [1.165, 1.54) is 0 Å². The fraction of sp³-hybridized carbons (Fsp3) is 0.789. The molecule has 4 aliphatic carbocycles. The van der Waals surface area contributed by atoms with Crippen LogP contribution in [0.15, 0.2) is 12.2 Å². The number of carbonyl (C=O) groups is 2. The van der Waals surface area contributed by atoms with Crippen LogP contribution in [-0.4, -0.2) is 34.7 Å². The standard InChI is InChI=1S/C19H29NO4/c1-12(2)15(21)24-11-17(3,4)20-16(22)18-6-13-5-14(7-18)9-19(23,8-13)10-18/h13-14,23H,1,5-11H2,2-4H3,(H,20,22). The Morgan fingerprint density at radius 2 is 1.83 bits per heavy atom. The van der Waals surface area contributed by atoms with Gasteiger partial charge < -0.3 is 15.2 Å². The zero-order valence-corrected chi connectivity index (χ0v) is 15.0. The second-order valence-electron chi connectivity index (χ2n) is 9.16. The van der Waals surface area contributed by atoms with Crippen LogP contribution in [0.5, 0.6) is 0 Å². The average molecular weight is 335 g/mol. The molecule has 2 atom stereocenters. The Labute approximate surface area is 143 Å². The lowest BCUT2D eigenvalue weighted by atomic mass is 9.47. The Morgan fingerprint density at radius 3 is 2.33 bits per heavy atom. The van der Waals surface area contributed by atoms with E-state index >= 15 is 0 Å². The average Bonchev–Trinajstić information content (AvgIpc) is 2.41.